The fourth-order valence-electron chi connectivity index (χ4n) is 5.15. The molecule has 6 rings (SSSR count). The molecule has 152 valence electrons. The van der Waals surface area contributed by atoms with Crippen molar-refractivity contribution >= 4 is 15.9 Å². The maximum atomic E-state index is 12.2. The molecule has 2 aromatic rings. The van der Waals surface area contributed by atoms with Crippen molar-refractivity contribution in [3.63, 3.8) is 0 Å². The molecule has 2 bridgehead atoms. The number of benzene rings is 1. The van der Waals surface area contributed by atoms with Crippen LogP contribution in [0.25, 0.3) is 0 Å². The highest BCUT2D eigenvalue weighted by atomic mass is 32.2. The Morgan fingerprint density at radius 3 is 2.34 bits per heavy atom. The predicted molar refractivity (Wildman–Crippen MR) is 112 cm³/mol. The molecular formula is C22H25N3O3S. The van der Waals surface area contributed by atoms with Crippen LogP contribution in [0.3, 0.4) is 0 Å². The molecule has 0 unspecified atom stereocenters. The fraction of sp³-hybridized carbons (Fsp3) is 0.455. The van der Waals surface area contributed by atoms with Crippen molar-refractivity contribution in [3.05, 3.63) is 53.3 Å². The summed E-state index contributed by atoms with van der Waals surface area (Å²) in [6, 6.07) is 12.4. The molecule has 7 heteroatoms. The van der Waals surface area contributed by atoms with Crippen LogP contribution in [0.15, 0.2) is 40.8 Å². The largest absolute Gasteiger partial charge is 0.457 e. The number of amidine groups is 1. The van der Waals surface area contributed by atoms with Gasteiger partial charge in [-0.05, 0) is 57.2 Å². The van der Waals surface area contributed by atoms with Gasteiger partial charge >= 0.3 is 0 Å². The first-order valence-corrected chi connectivity index (χ1v) is 11.8. The van der Waals surface area contributed by atoms with Crippen LogP contribution in [-0.4, -0.2) is 42.5 Å². The summed E-state index contributed by atoms with van der Waals surface area (Å²) in [6.45, 7) is 4.47. The van der Waals surface area contributed by atoms with Crippen molar-refractivity contribution in [2.45, 2.75) is 51.0 Å². The SMILES string of the molecule is Cc1cc(Oc2ccc(C34CCC(CC3)N3CCS(=O)(=O)N=C34)cc2)cc(C)n1. The molecule has 0 radical (unpaired) electrons. The van der Waals surface area contributed by atoms with Crippen LogP contribution in [0.2, 0.25) is 0 Å². The summed E-state index contributed by atoms with van der Waals surface area (Å²) < 4.78 is 34.7. The number of pyridine rings is 1. The third-order valence-corrected chi connectivity index (χ3v) is 7.61. The van der Waals surface area contributed by atoms with E-state index in [1.165, 1.54) is 0 Å². The van der Waals surface area contributed by atoms with E-state index in [-0.39, 0.29) is 11.2 Å². The van der Waals surface area contributed by atoms with Crippen molar-refractivity contribution in [3.8, 4) is 11.5 Å². The molecule has 0 spiro atoms. The van der Waals surface area contributed by atoms with E-state index in [0.29, 0.717) is 12.6 Å². The van der Waals surface area contributed by atoms with E-state index < -0.39 is 10.0 Å². The second-order valence-corrected chi connectivity index (χ2v) is 10.2. The standard InChI is InChI=1S/C22H25N3O3S/c1-15-13-20(14-16(2)23-15)28-19-5-3-17(4-6-19)22-9-7-18(8-10-22)25-11-12-29(26,27)24-21(22)25/h3-6,13-14,18H,7-12H2,1-2H3. The maximum absolute atomic E-state index is 12.2. The lowest BCUT2D eigenvalue weighted by atomic mass is 9.63. The van der Waals surface area contributed by atoms with Crippen molar-refractivity contribution in [1.29, 1.82) is 0 Å². The zero-order valence-electron chi connectivity index (χ0n) is 16.8. The average Bonchev–Trinajstić information content (AvgIpc) is 2.68. The van der Waals surface area contributed by atoms with E-state index in [1.807, 2.05) is 38.1 Å². The Morgan fingerprint density at radius 2 is 1.69 bits per heavy atom. The Hall–Kier alpha value is -2.41. The second-order valence-electron chi connectivity index (χ2n) is 8.42. The van der Waals surface area contributed by atoms with Gasteiger partial charge in [0.05, 0.1) is 11.2 Å². The highest BCUT2D eigenvalue weighted by Crippen LogP contribution is 2.49. The molecule has 2 saturated heterocycles. The molecule has 4 heterocycles. The summed E-state index contributed by atoms with van der Waals surface area (Å²) in [7, 11) is -3.36. The molecule has 29 heavy (non-hydrogen) atoms. The number of piperidine rings is 2. The number of fused-ring (bicyclic) bond motifs is 2. The van der Waals surface area contributed by atoms with E-state index in [2.05, 4.69) is 26.4 Å². The Morgan fingerprint density at radius 1 is 1.03 bits per heavy atom. The van der Waals surface area contributed by atoms with E-state index in [9.17, 15) is 8.42 Å². The van der Waals surface area contributed by atoms with Crippen LogP contribution in [-0.2, 0) is 15.4 Å². The Kier molecular flexibility index (Phi) is 4.21. The van der Waals surface area contributed by atoms with E-state index in [0.717, 1.165) is 60.0 Å². The van der Waals surface area contributed by atoms with Gasteiger partial charge in [-0.1, -0.05) is 12.1 Å². The zero-order chi connectivity index (χ0) is 20.2. The first kappa shape index (κ1) is 18.6. The minimum Gasteiger partial charge on any atom is -0.457 e. The van der Waals surface area contributed by atoms with Crippen molar-refractivity contribution in [2.24, 2.45) is 4.40 Å². The lowest BCUT2D eigenvalue weighted by molar-refractivity contribution is 0.151. The summed E-state index contributed by atoms with van der Waals surface area (Å²) in [5.41, 5.74) is 2.67. The Bertz CT molecular complexity index is 1060. The molecule has 0 atom stereocenters. The van der Waals surface area contributed by atoms with E-state index >= 15 is 0 Å². The second kappa shape index (κ2) is 6.55. The number of aromatic nitrogens is 1. The lowest BCUT2D eigenvalue weighted by Gasteiger charge is -2.55. The lowest BCUT2D eigenvalue weighted by Crippen LogP contribution is -2.62. The molecule has 0 N–H and O–H groups in total. The van der Waals surface area contributed by atoms with Gasteiger partial charge in [-0.3, -0.25) is 4.98 Å². The van der Waals surface area contributed by atoms with Crippen LogP contribution in [0, 0.1) is 13.8 Å². The molecular weight excluding hydrogens is 386 g/mol. The molecule has 1 aromatic carbocycles. The van der Waals surface area contributed by atoms with Crippen molar-refractivity contribution in [1.82, 2.24) is 9.88 Å². The molecule has 4 aliphatic rings. The summed E-state index contributed by atoms with van der Waals surface area (Å²) in [5, 5.41) is 0. The summed E-state index contributed by atoms with van der Waals surface area (Å²) >= 11 is 0. The van der Waals surface area contributed by atoms with Crippen LogP contribution in [0.1, 0.15) is 42.6 Å². The van der Waals surface area contributed by atoms with Gasteiger partial charge in [-0.2, -0.15) is 0 Å². The quantitative estimate of drug-likeness (QED) is 0.770. The monoisotopic (exact) mass is 411 g/mol. The van der Waals surface area contributed by atoms with Crippen LogP contribution < -0.4 is 4.74 Å². The highest BCUT2D eigenvalue weighted by Gasteiger charge is 2.52. The summed E-state index contributed by atoms with van der Waals surface area (Å²) in [4.78, 5) is 6.63. The number of ether oxygens (including phenoxy) is 1. The van der Waals surface area contributed by atoms with Gasteiger partial charge in [0.15, 0.2) is 0 Å². The molecule has 1 aliphatic carbocycles. The third-order valence-electron chi connectivity index (χ3n) is 6.46. The normalized spacial score (nSPS) is 27.3. The number of rotatable bonds is 3. The molecule has 1 saturated carbocycles. The molecule has 0 amide bonds. The highest BCUT2D eigenvalue weighted by molar-refractivity contribution is 7.90. The van der Waals surface area contributed by atoms with Gasteiger partial charge in [0.25, 0.3) is 10.0 Å². The summed E-state index contributed by atoms with van der Waals surface area (Å²) in [6.07, 6.45) is 4.08. The minimum atomic E-state index is -3.36. The van der Waals surface area contributed by atoms with Gasteiger partial charge < -0.3 is 9.64 Å². The smallest absolute Gasteiger partial charge is 0.256 e. The van der Waals surface area contributed by atoms with Gasteiger partial charge in [0.2, 0.25) is 0 Å². The molecule has 3 fully saturated rings. The molecule has 3 aliphatic heterocycles. The molecule has 1 aromatic heterocycles. The number of aryl methyl sites for hydroxylation is 2. The van der Waals surface area contributed by atoms with Crippen LogP contribution in [0.4, 0.5) is 0 Å². The fourth-order valence-corrected chi connectivity index (χ4v) is 6.21. The Labute approximate surface area is 171 Å². The summed E-state index contributed by atoms with van der Waals surface area (Å²) in [5.74, 6) is 2.42. The number of nitrogens with zero attached hydrogens (tertiary/aromatic N) is 3. The van der Waals surface area contributed by atoms with Gasteiger partial charge in [-0.15, -0.1) is 4.40 Å². The van der Waals surface area contributed by atoms with Crippen molar-refractivity contribution in [2.75, 3.05) is 12.3 Å². The van der Waals surface area contributed by atoms with Gasteiger partial charge in [0.1, 0.15) is 17.3 Å². The van der Waals surface area contributed by atoms with E-state index in [1.54, 1.807) is 0 Å². The average molecular weight is 412 g/mol. The van der Waals surface area contributed by atoms with Crippen LogP contribution >= 0.6 is 0 Å². The van der Waals surface area contributed by atoms with Crippen LogP contribution in [0.5, 0.6) is 11.5 Å². The van der Waals surface area contributed by atoms with Gasteiger partial charge in [0, 0.05) is 36.1 Å². The van der Waals surface area contributed by atoms with E-state index in [4.69, 9.17) is 4.74 Å². The molecule has 6 nitrogen and oxygen atoms in total. The van der Waals surface area contributed by atoms with Gasteiger partial charge in [-0.25, -0.2) is 8.42 Å². The first-order chi connectivity index (χ1) is 13.8. The predicted octanol–water partition coefficient (Wildman–Crippen LogP) is 3.73. The topological polar surface area (TPSA) is 71.9 Å². The van der Waals surface area contributed by atoms with Crippen molar-refractivity contribution < 1.29 is 13.2 Å². The number of hydrogen-bond donors (Lipinski definition) is 0. The first-order valence-electron chi connectivity index (χ1n) is 10.2. The minimum absolute atomic E-state index is 0.126. The third kappa shape index (κ3) is 3.21. The Balaban J connectivity index is 1.48. The zero-order valence-corrected chi connectivity index (χ0v) is 17.6. The number of sulfonamides is 1. The maximum Gasteiger partial charge on any atom is 0.256 e. The number of hydrogen-bond acceptors (Lipinski definition) is 5.